The quantitative estimate of drug-likeness (QED) is 0.704. The lowest BCUT2D eigenvalue weighted by Crippen LogP contribution is -2.27. The Hall–Kier alpha value is -1.58. The molecule has 0 amide bonds. The topological polar surface area (TPSA) is 46.6 Å². The van der Waals surface area contributed by atoms with Gasteiger partial charge in [0.05, 0.1) is 0 Å². The predicted molar refractivity (Wildman–Crippen MR) is 85.8 cm³/mol. The van der Waals surface area contributed by atoms with Gasteiger partial charge in [0, 0.05) is 18.1 Å². The Morgan fingerprint density at radius 3 is 2.58 bits per heavy atom. The molecular weight excluding hydrogens is 411 g/mol. The van der Waals surface area contributed by atoms with E-state index in [1.807, 2.05) is 0 Å². The summed E-state index contributed by atoms with van der Waals surface area (Å²) < 4.78 is 68.9. The summed E-state index contributed by atoms with van der Waals surface area (Å²) in [6.07, 6.45) is 0. The number of hydrogen-bond acceptors (Lipinski definition) is 3. The fraction of sp³-hybridized carbons (Fsp3) is 0.200. The van der Waals surface area contributed by atoms with E-state index >= 15 is 0 Å². The van der Waals surface area contributed by atoms with Gasteiger partial charge in [-0.25, -0.2) is 12.8 Å². The Bertz CT molecular complexity index is 830. The van der Waals surface area contributed by atoms with Crippen LogP contribution in [0.5, 0.6) is 5.75 Å². The van der Waals surface area contributed by atoms with Crippen LogP contribution < -0.4 is 4.74 Å². The number of ether oxygens (including phenoxy) is 1. The molecule has 0 N–H and O–H groups in total. The lowest BCUT2D eigenvalue weighted by molar-refractivity contribution is -0.0498. The monoisotopic (exact) mass is 423 g/mol. The molecule has 0 aliphatic heterocycles. The second-order valence-corrected chi connectivity index (χ2v) is 7.79. The van der Waals surface area contributed by atoms with Gasteiger partial charge in [0.25, 0.3) is 0 Å². The van der Waals surface area contributed by atoms with Gasteiger partial charge in [-0.15, -0.1) is 0 Å². The van der Waals surface area contributed by atoms with Crippen molar-refractivity contribution in [3.8, 4) is 5.75 Å². The smallest absolute Gasteiger partial charge is 0.387 e. The van der Waals surface area contributed by atoms with E-state index < -0.39 is 27.3 Å². The minimum Gasteiger partial charge on any atom is -0.435 e. The summed E-state index contributed by atoms with van der Waals surface area (Å²) >= 11 is 3.10. The zero-order valence-electron chi connectivity index (χ0n) is 12.4. The van der Waals surface area contributed by atoms with E-state index in [2.05, 4.69) is 20.7 Å². The molecule has 130 valence electrons. The third kappa shape index (κ3) is 4.49. The number of alkyl halides is 2. The van der Waals surface area contributed by atoms with E-state index in [0.717, 1.165) is 16.4 Å². The van der Waals surface area contributed by atoms with Gasteiger partial charge in [-0.05, 0) is 35.9 Å². The molecular formula is C15H13BrF3NO3S. The summed E-state index contributed by atoms with van der Waals surface area (Å²) in [5.74, 6) is -0.957. The number of benzene rings is 2. The largest absolute Gasteiger partial charge is 0.435 e. The Labute approximate surface area is 146 Å². The average Bonchev–Trinajstić information content (AvgIpc) is 2.49. The molecule has 0 radical (unpaired) electrons. The van der Waals surface area contributed by atoms with Crippen molar-refractivity contribution in [2.45, 2.75) is 18.1 Å². The first-order valence-electron chi connectivity index (χ1n) is 6.65. The highest BCUT2D eigenvalue weighted by Crippen LogP contribution is 2.24. The fourth-order valence-corrected chi connectivity index (χ4v) is 3.76. The van der Waals surface area contributed by atoms with Crippen LogP contribution >= 0.6 is 15.9 Å². The molecule has 0 bridgehead atoms. The minimum absolute atomic E-state index is 0.0815. The zero-order valence-corrected chi connectivity index (χ0v) is 14.8. The minimum atomic E-state index is -4.09. The molecule has 2 aromatic rings. The van der Waals surface area contributed by atoms with Gasteiger partial charge in [-0.1, -0.05) is 28.1 Å². The molecule has 0 aliphatic rings. The van der Waals surface area contributed by atoms with Crippen molar-refractivity contribution in [3.63, 3.8) is 0 Å². The number of rotatable bonds is 6. The highest BCUT2D eigenvalue weighted by molar-refractivity contribution is 9.10. The molecule has 2 aromatic carbocycles. The van der Waals surface area contributed by atoms with Crippen molar-refractivity contribution in [1.29, 1.82) is 0 Å². The van der Waals surface area contributed by atoms with Gasteiger partial charge in [0.2, 0.25) is 10.0 Å². The molecule has 0 heterocycles. The van der Waals surface area contributed by atoms with Crippen LogP contribution in [0.2, 0.25) is 0 Å². The summed E-state index contributed by atoms with van der Waals surface area (Å²) in [6.45, 7) is -3.10. The lowest BCUT2D eigenvalue weighted by atomic mass is 10.2. The van der Waals surface area contributed by atoms with Gasteiger partial charge in [0.15, 0.2) is 0 Å². The maximum atomic E-state index is 13.8. The summed E-state index contributed by atoms with van der Waals surface area (Å²) in [7, 11) is -2.81. The van der Waals surface area contributed by atoms with Crippen molar-refractivity contribution in [3.05, 3.63) is 58.3 Å². The van der Waals surface area contributed by atoms with Crippen LogP contribution in [0, 0.1) is 5.82 Å². The van der Waals surface area contributed by atoms with Crippen molar-refractivity contribution in [2.75, 3.05) is 7.05 Å². The Morgan fingerprint density at radius 2 is 1.92 bits per heavy atom. The molecule has 0 fully saturated rings. The molecule has 0 atom stereocenters. The molecule has 0 unspecified atom stereocenters. The molecule has 24 heavy (non-hydrogen) atoms. The first-order valence-corrected chi connectivity index (χ1v) is 8.88. The van der Waals surface area contributed by atoms with Gasteiger partial charge in [-0.2, -0.15) is 13.1 Å². The van der Waals surface area contributed by atoms with Crippen LogP contribution in [0.25, 0.3) is 0 Å². The van der Waals surface area contributed by atoms with Crippen LogP contribution in [0.15, 0.2) is 51.8 Å². The normalized spacial score (nSPS) is 12.0. The van der Waals surface area contributed by atoms with Gasteiger partial charge >= 0.3 is 6.61 Å². The molecule has 0 aliphatic carbocycles. The summed E-state index contributed by atoms with van der Waals surface area (Å²) in [5.41, 5.74) is 0.426. The molecule has 9 heteroatoms. The summed E-state index contributed by atoms with van der Waals surface area (Å²) in [5, 5.41) is 0. The molecule has 0 saturated carbocycles. The van der Waals surface area contributed by atoms with E-state index in [9.17, 15) is 21.6 Å². The van der Waals surface area contributed by atoms with Crippen LogP contribution in [-0.4, -0.2) is 26.4 Å². The molecule has 0 aromatic heterocycles. The van der Waals surface area contributed by atoms with Gasteiger partial charge in [-0.3, -0.25) is 0 Å². The van der Waals surface area contributed by atoms with E-state index in [4.69, 9.17) is 0 Å². The summed E-state index contributed by atoms with van der Waals surface area (Å²) in [6, 6.07) is 9.25. The maximum absolute atomic E-state index is 13.8. The number of sulfonamides is 1. The van der Waals surface area contributed by atoms with Crippen molar-refractivity contribution in [1.82, 2.24) is 4.31 Å². The Morgan fingerprint density at radius 1 is 1.21 bits per heavy atom. The Kier molecular flexibility index (Phi) is 5.89. The van der Waals surface area contributed by atoms with Gasteiger partial charge in [0.1, 0.15) is 16.5 Å². The molecule has 0 spiro atoms. The van der Waals surface area contributed by atoms with E-state index in [0.29, 0.717) is 10.0 Å². The van der Waals surface area contributed by atoms with E-state index in [1.54, 1.807) is 6.07 Å². The van der Waals surface area contributed by atoms with Crippen molar-refractivity contribution >= 4 is 26.0 Å². The maximum Gasteiger partial charge on any atom is 0.387 e. The number of halogens is 4. The highest BCUT2D eigenvalue weighted by Gasteiger charge is 2.25. The third-order valence-corrected chi connectivity index (χ3v) is 5.42. The van der Waals surface area contributed by atoms with Crippen LogP contribution in [0.4, 0.5) is 13.2 Å². The lowest BCUT2D eigenvalue weighted by Gasteiger charge is -2.18. The second kappa shape index (κ2) is 7.54. The number of hydrogen-bond donors (Lipinski definition) is 0. The second-order valence-electron chi connectivity index (χ2n) is 4.86. The van der Waals surface area contributed by atoms with Crippen LogP contribution in [-0.2, 0) is 16.6 Å². The first-order chi connectivity index (χ1) is 11.2. The molecule has 4 nitrogen and oxygen atoms in total. The van der Waals surface area contributed by atoms with Crippen molar-refractivity contribution in [2.24, 2.45) is 0 Å². The summed E-state index contributed by atoms with van der Waals surface area (Å²) in [4.78, 5) is -0.473. The third-order valence-electron chi connectivity index (χ3n) is 3.11. The van der Waals surface area contributed by atoms with Gasteiger partial charge < -0.3 is 4.74 Å². The van der Waals surface area contributed by atoms with Crippen molar-refractivity contribution < 1.29 is 26.3 Å². The SMILES string of the molecule is CN(Cc1cccc(OC(F)F)c1)S(=O)(=O)c1cc(Br)ccc1F. The Balaban J connectivity index is 2.25. The highest BCUT2D eigenvalue weighted by atomic mass is 79.9. The number of nitrogens with zero attached hydrogens (tertiary/aromatic N) is 1. The van der Waals surface area contributed by atoms with E-state index in [-0.39, 0.29) is 12.3 Å². The molecule has 0 saturated heterocycles. The average molecular weight is 424 g/mol. The van der Waals surface area contributed by atoms with E-state index in [1.165, 1.54) is 31.3 Å². The first kappa shape index (κ1) is 18.8. The predicted octanol–water partition coefficient (Wildman–Crippen LogP) is 4.01. The standard InChI is InChI=1S/C15H13BrF3NO3S/c1-20(9-10-3-2-4-12(7-10)23-15(18)19)24(21,22)14-8-11(16)5-6-13(14)17/h2-8,15H,9H2,1H3. The van der Waals surface area contributed by atoms with Crippen LogP contribution in [0.1, 0.15) is 5.56 Å². The fourth-order valence-electron chi connectivity index (χ4n) is 2.00. The zero-order chi connectivity index (χ0) is 17.9. The van der Waals surface area contributed by atoms with Crippen LogP contribution in [0.3, 0.4) is 0 Å². The molecule has 2 rings (SSSR count).